The van der Waals surface area contributed by atoms with Crippen molar-refractivity contribution >= 4 is 11.7 Å². The van der Waals surface area contributed by atoms with Gasteiger partial charge in [-0.1, -0.05) is 0 Å². The van der Waals surface area contributed by atoms with Gasteiger partial charge < -0.3 is 16.0 Å². The summed E-state index contributed by atoms with van der Waals surface area (Å²) in [6, 6.07) is 3.40. The van der Waals surface area contributed by atoms with Crippen LogP contribution in [0.3, 0.4) is 0 Å². The number of hydrogen-bond donors (Lipinski definition) is 3. The third-order valence-corrected chi connectivity index (χ3v) is 3.94. The van der Waals surface area contributed by atoms with Gasteiger partial charge in [-0.3, -0.25) is 9.78 Å². The van der Waals surface area contributed by atoms with E-state index in [2.05, 4.69) is 30.9 Å². The SMILES string of the molecule is Cc1nc2c(c(NCCNC(=O)c3ccncc3)n1)CCNCC2. The Morgan fingerprint density at radius 3 is 2.79 bits per heavy atom. The molecule has 3 rings (SSSR count). The number of carbonyl (C=O) groups is 1. The fourth-order valence-electron chi connectivity index (χ4n) is 2.78. The fraction of sp³-hybridized carbons (Fsp3) is 0.412. The highest BCUT2D eigenvalue weighted by molar-refractivity contribution is 5.93. The van der Waals surface area contributed by atoms with Crippen LogP contribution in [0.1, 0.15) is 27.4 Å². The Bertz CT molecular complexity index is 704. The number of carbonyl (C=O) groups excluding carboxylic acids is 1. The lowest BCUT2D eigenvalue weighted by molar-refractivity contribution is 0.0955. The van der Waals surface area contributed by atoms with Gasteiger partial charge in [0.25, 0.3) is 5.91 Å². The molecule has 0 radical (unpaired) electrons. The largest absolute Gasteiger partial charge is 0.368 e. The molecule has 0 saturated heterocycles. The Morgan fingerprint density at radius 1 is 1.17 bits per heavy atom. The lowest BCUT2D eigenvalue weighted by atomic mass is 10.1. The minimum absolute atomic E-state index is 0.0962. The summed E-state index contributed by atoms with van der Waals surface area (Å²) in [7, 11) is 0. The molecule has 2 aromatic rings. The normalized spacial score (nSPS) is 13.7. The first kappa shape index (κ1) is 16.3. The molecule has 3 heterocycles. The van der Waals surface area contributed by atoms with Crippen LogP contribution >= 0.6 is 0 Å². The Labute approximate surface area is 141 Å². The number of rotatable bonds is 5. The fourth-order valence-corrected chi connectivity index (χ4v) is 2.78. The molecule has 0 aromatic carbocycles. The zero-order chi connectivity index (χ0) is 16.8. The second-order valence-electron chi connectivity index (χ2n) is 5.71. The lowest BCUT2D eigenvalue weighted by Crippen LogP contribution is -2.29. The van der Waals surface area contributed by atoms with Crippen LogP contribution in [0.25, 0.3) is 0 Å². The van der Waals surface area contributed by atoms with Crippen LogP contribution in [0.2, 0.25) is 0 Å². The summed E-state index contributed by atoms with van der Waals surface area (Å²) in [5.74, 6) is 1.57. The number of nitrogens with one attached hydrogen (secondary N) is 3. The topological polar surface area (TPSA) is 91.8 Å². The minimum Gasteiger partial charge on any atom is -0.368 e. The van der Waals surface area contributed by atoms with Crippen LogP contribution in [-0.4, -0.2) is 47.0 Å². The molecule has 0 atom stereocenters. The number of amides is 1. The second-order valence-corrected chi connectivity index (χ2v) is 5.71. The summed E-state index contributed by atoms with van der Waals surface area (Å²) in [4.78, 5) is 25.0. The van der Waals surface area contributed by atoms with Crippen molar-refractivity contribution in [3.63, 3.8) is 0 Å². The van der Waals surface area contributed by atoms with Gasteiger partial charge in [0.2, 0.25) is 0 Å². The Kier molecular flexibility index (Phi) is 5.32. The average Bonchev–Trinajstić information content (AvgIpc) is 2.84. The number of pyridine rings is 1. The Balaban J connectivity index is 1.57. The number of aromatic nitrogens is 3. The number of aryl methyl sites for hydroxylation is 1. The zero-order valence-corrected chi connectivity index (χ0v) is 13.8. The molecule has 126 valence electrons. The van der Waals surface area contributed by atoms with Crippen LogP contribution in [-0.2, 0) is 12.8 Å². The monoisotopic (exact) mass is 326 g/mol. The summed E-state index contributed by atoms with van der Waals surface area (Å²) in [6.07, 6.45) is 5.06. The molecule has 24 heavy (non-hydrogen) atoms. The molecular weight excluding hydrogens is 304 g/mol. The number of fused-ring (bicyclic) bond motifs is 1. The van der Waals surface area contributed by atoms with Crippen LogP contribution in [0.4, 0.5) is 5.82 Å². The molecule has 0 spiro atoms. The first-order valence-electron chi connectivity index (χ1n) is 8.23. The van der Waals surface area contributed by atoms with E-state index in [0.717, 1.165) is 43.3 Å². The van der Waals surface area contributed by atoms with Crippen molar-refractivity contribution in [2.75, 3.05) is 31.5 Å². The molecule has 1 aliphatic rings. The summed E-state index contributed by atoms with van der Waals surface area (Å²) < 4.78 is 0. The van der Waals surface area contributed by atoms with E-state index in [0.29, 0.717) is 18.7 Å². The predicted octanol–water partition coefficient (Wildman–Crippen LogP) is 0.710. The summed E-state index contributed by atoms with van der Waals surface area (Å²) in [5, 5.41) is 9.62. The van der Waals surface area contributed by atoms with E-state index in [4.69, 9.17) is 0 Å². The van der Waals surface area contributed by atoms with Gasteiger partial charge >= 0.3 is 0 Å². The maximum atomic E-state index is 12.0. The predicted molar refractivity (Wildman–Crippen MR) is 92.1 cm³/mol. The Hall–Kier alpha value is -2.54. The van der Waals surface area contributed by atoms with E-state index in [9.17, 15) is 4.79 Å². The quantitative estimate of drug-likeness (QED) is 0.701. The molecule has 0 bridgehead atoms. The highest BCUT2D eigenvalue weighted by atomic mass is 16.1. The number of anilines is 1. The van der Waals surface area contributed by atoms with Crippen LogP contribution in [0.15, 0.2) is 24.5 Å². The highest BCUT2D eigenvalue weighted by Crippen LogP contribution is 2.19. The van der Waals surface area contributed by atoms with Crippen LogP contribution in [0.5, 0.6) is 0 Å². The van der Waals surface area contributed by atoms with Gasteiger partial charge in [-0.15, -0.1) is 0 Å². The molecule has 0 fully saturated rings. The van der Waals surface area contributed by atoms with Gasteiger partial charge in [0, 0.05) is 49.6 Å². The zero-order valence-electron chi connectivity index (χ0n) is 13.8. The van der Waals surface area contributed by atoms with E-state index in [-0.39, 0.29) is 5.91 Å². The van der Waals surface area contributed by atoms with E-state index >= 15 is 0 Å². The van der Waals surface area contributed by atoms with Crippen molar-refractivity contribution in [1.29, 1.82) is 0 Å². The van der Waals surface area contributed by atoms with Crippen molar-refractivity contribution in [3.8, 4) is 0 Å². The molecule has 2 aromatic heterocycles. The van der Waals surface area contributed by atoms with E-state index < -0.39 is 0 Å². The second kappa shape index (κ2) is 7.83. The standard InChI is InChI=1S/C17H22N6O/c1-12-22-15-5-9-19-8-4-14(15)16(23-12)20-10-11-21-17(24)13-2-6-18-7-3-13/h2-3,6-7,19H,4-5,8-11H2,1H3,(H,21,24)(H,20,22,23). The van der Waals surface area contributed by atoms with Crippen LogP contribution in [0, 0.1) is 6.92 Å². The van der Waals surface area contributed by atoms with Gasteiger partial charge in [0.05, 0.1) is 5.69 Å². The number of hydrogen-bond acceptors (Lipinski definition) is 6. The third-order valence-electron chi connectivity index (χ3n) is 3.94. The molecule has 7 nitrogen and oxygen atoms in total. The third kappa shape index (κ3) is 4.05. The number of nitrogens with zero attached hydrogens (tertiary/aromatic N) is 3. The molecular formula is C17H22N6O. The molecule has 0 saturated carbocycles. The molecule has 7 heteroatoms. The van der Waals surface area contributed by atoms with E-state index in [1.807, 2.05) is 6.92 Å². The van der Waals surface area contributed by atoms with Crippen molar-refractivity contribution in [2.24, 2.45) is 0 Å². The first-order valence-corrected chi connectivity index (χ1v) is 8.23. The van der Waals surface area contributed by atoms with Crippen molar-refractivity contribution in [2.45, 2.75) is 19.8 Å². The molecule has 1 aliphatic heterocycles. The summed E-state index contributed by atoms with van der Waals surface area (Å²) in [5.41, 5.74) is 2.92. The van der Waals surface area contributed by atoms with Gasteiger partial charge in [0.15, 0.2) is 0 Å². The summed E-state index contributed by atoms with van der Waals surface area (Å²) >= 11 is 0. The van der Waals surface area contributed by atoms with Crippen LogP contribution < -0.4 is 16.0 Å². The molecule has 1 amide bonds. The minimum atomic E-state index is -0.0962. The molecule has 0 unspecified atom stereocenters. The van der Waals surface area contributed by atoms with Crippen molar-refractivity contribution in [1.82, 2.24) is 25.6 Å². The molecule has 0 aliphatic carbocycles. The Morgan fingerprint density at radius 2 is 1.96 bits per heavy atom. The maximum absolute atomic E-state index is 12.0. The smallest absolute Gasteiger partial charge is 0.251 e. The van der Waals surface area contributed by atoms with Gasteiger partial charge in [-0.25, -0.2) is 9.97 Å². The van der Waals surface area contributed by atoms with Gasteiger partial charge in [-0.05, 0) is 32.0 Å². The maximum Gasteiger partial charge on any atom is 0.251 e. The van der Waals surface area contributed by atoms with E-state index in [1.165, 1.54) is 5.56 Å². The van der Waals surface area contributed by atoms with Crippen molar-refractivity contribution in [3.05, 3.63) is 47.2 Å². The van der Waals surface area contributed by atoms with Crippen molar-refractivity contribution < 1.29 is 4.79 Å². The van der Waals surface area contributed by atoms with E-state index in [1.54, 1.807) is 24.5 Å². The van der Waals surface area contributed by atoms with Gasteiger partial charge in [-0.2, -0.15) is 0 Å². The lowest BCUT2D eigenvalue weighted by Gasteiger charge is -2.14. The average molecular weight is 326 g/mol. The van der Waals surface area contributed by atoms with Gasteiger partial charge in [0.1, 0.15) is 11.6 Å². The highest BCUT2D eigenvalue weighted by Gasteiger charge is 2.15. The summed E-state index contributed by atoms with van der Waals surface area (Å²) in [6.45, 7) is 4.94. The molecule has 3 N–H and O–H groups in total. The first-order chi connectivity index (χ1) is 11.7.